The molecular formula is C18H21NO2. The number of benzene rings is 1. The van der Waals surface area contributed by atoms with Gasteiger partial charge >= 0.3 is 0 Å². The Hall–Kier alpha value is -1.95. The van der Waals surface area contributed by atoms with E-state index < -0.39 is 0 Å². The van der Waals surface area contributed by atoms with E-state index >= 15 is 0 Å². The Morgan fingerprint density at radius 2 is 2.05 bits per heavy atom. The van der Waals surface area contributed by atoms with Gasteiger partial charge in [0.15, 0.2) is 5.75 Å². The molecule has 1 aromatic carbocycles. The number of hydrogen-bond acceptors (Lipinski definition) is 2. The summed E-state index contributed by atoms with van der Waals surface area (Å²) in [6.07, 6.45) is 6.58. The smallest absolute Gasteiger partial charge is 0.228 e. The van der Waals surface area contributed by atoms with Crippen LogP contribution in [0.1, 0.15) is 51.0 Å². The van der Waals surface area contributed by atoms with Crippen LogP contribution in [-0.2, 0) is 4.79 Å². The molecule has 0 aromatic heterocycles. The van der Waals surface area contributed by atoms with Gasteiger partial charge in [-0.15, -0.1) is 0 Å². The van der Waals surface area contributed by atoms with Crippen molar-refractivity contribution in [3.63, 3.8) is 0 Å². The summed E-state index contributed by atoms with van der Waals surface area (Å²) < 4.78 is 5.91. The molecule has 0 radical (unpaired) electrons. The van der Waals surface area contributed by atoms with Crippen LogP contribution in [0.4, 0.5) is 5.69 Å². The van der Waals surface area contributed by atoms with Crippen molar-refractivity contribution in [2.45, 2.75) is 51.6 Å². The van der Waals surface area contributed by atoms with Crippen LogP contribution in [0.15, 0.2) is 18.2 Å². The van der Waals surface area contributed by atoms with E-state index in [0.29, 0.717) is 12.3 Å². The summed E-state index contributed by atoms with van der Waals surface area (Å²) >= 11 is 0. The number of anilines is 1. The molecule has 1 aliphatic heterocycles. The van der Waals surface area contributed by atoms with Gasteiger partial charge in [0.05, 0.1) is 17.7 Å². The molecule has 1 aliphatic carbocycles. The maximum atomic E-state index is 11.7. The highest BCUT2D eigenvalue weighted by molar-refractivity contribution is 5.94. The molecule has 1 fully saturated rings. The highest BCUT2D eigenvalue weighted by Crippen LogP contribution is 2.32. The highest BCUT2D eigenvalue weighted by atomic mass is 16.5. The Balaban J connectivity index is 1.88. The Kier molecular flexibility index (Phi) is 4.15. The minimum absolute atomic E-state index is 0.00126. The second kappa shape index (κ2) is 6.22. The molecule has 3 heteroatoms. The molecule has 2 aliphatic rings. The van der Waals surface area contributed by atoms with Crippen LogP contribution in [0.25, 0.3) is 0 Å². The lowest BCUT2D eigenvalue weighted by Gasteiger charge is -2.16. The Morgan fingerprint density at radius 1 is 1.24 bits per heavy atom. The number of carbonyl (C=O) groups is 1. The van der Waals surface area contributed by atoms with Crippen molar-refractivity contribution in [1.82, 2.24) is 0 Å². The first-order valence-electron chi connectivity index (χ1n) is 7.83. The van der Waals surface area contributed by atoms with Crippen molar-refractivity contribution in [2.75, 3.05) is 5.32 Å². The lowest BCUT2D eigenvalue weighted by Crippen LogP contribution is -2.17. The summed E-state index contributed by atoms with van der Waals surface area (Å²) in [5, 5.41) is 2.90. The summed E-state index contributed by atoms with van der Waals surface area (Å²) in [6, 6.07) is 5.76. The maximum Gasteiger partial charge on any atom is 0.228 e. The standard InChI is InChI=1S/C18H21NO2/c1-13-12-17(20)19-16-9-5-8-15(18(16)21-13)11-10-14-6-3-2-4-7-14/h5,8-9,13-14H,2-4,6-7,12H2,1H3,(H,19,20)/t13-/m1/s1. The van der Waals surface area contributed by atoms with Gasteiger partial charge in [-0.1, -0.05) is 37.2 Å². The van der Waals surface area contributed by atoms with Gasteiger partial charge in [-0.25, -0.2) is 0 Å². The van der Waals surface area contributed by atoms with E-state index in [0.717, 1.165) is 17.0 Å². The SMILES string of the molecule is C[C@@H]1CC(=O)Nc2cccc(C#CC3CCCCC3)c2O1. The molecule has 3 rings (SSSR count). The van der Waals surface area contributed by atoms with E-state index in [1.807, 2.05) is 25.1 Å². The molecule has 0 bridgehead atoms. The predicted molar refractivity (Wildman–Crippen MR) is 83.2 cm³/mol. The minimum Gasteiger partial charge on any atom is -0.487 e. The fourth-order valence-corrected chi connectivity index (χ4v) is 2.99. The number of hydrogen-bond donors (Lipinski definition) is 1. The van der Waals surface area contributed by atoms with Crippen LogP contribution in [0, 0.1) is 17.8 Å². The second-order valence-corrected chi connectivity index (χ2v) is 5.97. The first-order chi connectivity index (χ1) is 10.2. The van der Waals surface area contributed by atoms with Crippen molar-refractivity contribution in [3.8, 4) is 17.6 Å². The Bertz CT molecular complexity index is 591. The molecule has 0 spiro atoms. The zero-order chi connectivity index (χ0) is 14.7. The molecule has 3 nitrogen and oxygen atoms in total. The number of carbonyl (C=O) groups excluding carboxylic acids is 1. The van der Waals surface area contributed by atoms with Gasteiger partial charge in [0.2, 0.25) is 5.91 Å². The number of nitrogens with one attached hydrogen (secondary N) is 1. The lowest BCUT2D eigenvalue weighted by atomic mass is 9.89. The summed E-state index contributed by atoms with van der Waals surface area (Å²) in [7, 11) is 0. The van der Waals surface area contributed by atoms with Gasteiger partial charge in [-0.3, -0.25) is 4.79 Å². The topological polar surface area (TPSA) is 38.3 Å². The van der Waals surface area contributed by atoms with Gasteiger partial charge in [0, 0.05) is 5.92 Å². The van der Waals surface area contributed by atoms with Crippen LogP contribution < -0.4 is 10.1 Å². The molecule has 110 valence electrons. The molecule has 21 heavy (non-hydrogen) atoms. The molecule has 1 amide bonds. The average Bonchev–Trinajstić information content (AvgIpc) is 2.63. The normalized spacial score (nSPS) is 22.1. The molecule has 1 saturated carbocycles. The van der Waals surface area contributed by atoms with E-state index in [2.05, 4.69) is 17.2 Å². The van der Waals surface area contributed by atoms with E-state index in [1.54, 1.807) is 0 Å². The van der Waals surface area contributed by atoms with Crippen molar-refractivity contribution in [3.05, 3.63) is 23.8 Å². The lowest BCUT2D eigenvalue weighted by molar-refractivity contribution is -0.117. The minimum atomic E-state index is -0.121. The summed E-state index contributed by atoms with van der Waals surface area (Å²) in [5.74, 6) is 7.90. The fraction of sp³-hybridized carbons (Fsp3) is 0.500. The zero-order valence-corrected chi connectivity index (χ0v) is 12.4. The largest absolute Gasteiger partial charge is 0.487 e. The first kappa shape index (κ1) is 14.0. The quantitative estimate of drug-likeness (QED) is 0.737. The molecule has 1 heterocycles. The van der Waals surface area contributed by atoms with Crippen LogP contribution >= 0.6 is 0 Å². The van der Waals surface area contributed by atoms with Crippen LogP contribution in [0.5, 0.6) is 5.75 Å². The van der Waals surface area contributed by atoms with E-state index in [4.69, 9.17) is 4.74 Å². The van der Waals surface area contributed by atoms with Crippen molar-refractivity contribution in [1.29, 1.82) is 0 Å². The van der Waals surface area contributed by atoms with Crippen molar-refractivity contribution < 1.29 is 9.53 Å². The highest BCUT2D eigenvalue weighted by Gasteiger charge is 2.21. The molecule has 0 unspecified atom stereocenters. The van der Waals surface area contributed by atoms with E-state index in [1.165, 1.54) is 32.1 Å². The maximum absolute atomic E-state index is 11.7. The van der Waals surface area contributed by atoms with Crippen LogP contribution in [0.2, 0.25) is 0 Å². The second-order valence-electron chi connectivity index (χ2n) is 5.97. The summed E-state index contributed by atoms with van der Waals surface area (Å²) in [5.41, 5.74) is 1.62. The molecule has 1 N–H and O–H groups in total. The van der Waals surface area contributed by atoms with Crippen LogP contribution in [0.3, 0.4) is 0 Å². The number of rotatable bonds is 0. The molecular weight excluding hydrogens is 262 g/mol. The number of fused-ring (bicyclic) bond motifs is 1. The monoisotopic (exact) mass is 283 g/mol. The Labute approximate surface area is 126 Å². The Morgan fingerprint density at radius 3 is 2.86 bits per heavy atom. The first-order valence-corrected chi connectivity index (χ1v) is 7.83. The predicted octanol–water partition coefficient (Wildman–Crippen LogP) is 3.73. The van der Waals surface area contributed by atoms with E-state index in [-0.39, 0.29) is 12.0 Å². The van der Waals surface area contributed by atoms with Crippen molar-refractivity contribution >= 4 is 11.6 Å². The summed E-state index contributed by atoms with van der Waals surface area (Å²) in [4.78, 5) is 11.7. The zero-order valence-electron chi connectivity index (χ0n) is 12.4. The third-order valence-corrected chi connectivity index (χ3v) is 4.10. The molecule has 1 atom stereocenters. The number of para-hydroxylation sites is 1. The molecule has 0 saturated heterocycles. The number of amides is 1. The third-order valence-electron chi connectivity index (χ3n) is 4.10. The van der Waals surface area contributed by atoms with Crippen LogP contribution in [-0.4, -0.2) is 12.0 Å². The number of ether oxygens (including phenoxy) is 1. The van der Waals surface area contributed by atoms with Gasteiger partial charge in [0.1, 0.15) is 6.10 Å². The van der Waals surface area contributed by atoms with Gasteiger partial charge in [-0.05, 0) is 31.9 Å². The van der Waals surface area contributed by atoms with E-state index in [9.17, 15) is 4.79 Å². The van der Waals surface area contributed by atoms with Gasteiger partial charge < -0.3 is 10.1 Å². The molecule has 1 aromatic rings. The summed E-state index contributed by atoms with van der Waals surface area (Å²) in [6.45, 7) is 1.92. The average molecular weight is 283 g/mol. The van der Waals surface area contributed by atoms with Crippen molar-refractivity contribution in [2.24, 2.45) is 5.92 Å². The van der Waals surface area contributed by atoms with Gasteiger partial charge in [0.25, 0.3) is 0 Å². The van der Waals surface area contributed by atoms with Gasteiger partial charge in [-0.2, -0.15) is 0 Å². The third kappa shape index (κ3) is 3.39. The fourth-order valence-electron chi connectivity index (χ4n) is 2.99.